The number of amides is 1. The summed E-state index contributed by atoms with van der Waals surface area (Å²) < 4.78 is 5.28. The summed E-state index contributed by atoms with van der Waals surface area (Å²) in [5.74, 6) is 0. The van der Waals surface area contributed by atoms with Crippen LogP contribution in [-0.2, 0) is 11.3 Å². The Hall–Kier alpha value is -1.66. The van der Waals surface area contributed by atoms with Crippen molar-refractivity contribution in [3.05, 3.63) is 30.1 Å². The Labute approximate surface area is 133 Å². The van der Waals surface area contributed by atoms with Crippen molar-refractivity contribution in [1.82, 2.24) is 15.2 Å². The number of hydrogen-bond donors (Lipinski definition) is 2. The second-order valence-electron chi connectivity index (χ2n) is 6.51. The topological polar surface area (TPSA) is 80.5 Å². The minimum absolute atomic E-state index is 0.00715. The van der Waals surface area contributed by atoms with Gasteiger partial charge in [-0.15, -0.1) is 0 Å². The van der Waals surface area contributed by atoms with Gasteiger partial charge < -0.3 is 15.8 Å². The first-order chi connectivity index (χ1) is 10.2. The largest absolute Gasteiger partial charge is 0.444 e. The molecule has 1 heterocycles. The number of nitrogens with two attached hydrogens (primary N) is 1. The highest BCUT2D eigenvalue weighted by Gasteiger charge is 2.24. The Morgan fingerprint density at radius 3 is 2.68 bits per heavy atom. The third kappa shape index (κ3) is 6.41. The molecule has 0 saturated carbocycles. The highest BCUT2D eigenvalue weighted by molar-refractivity contribution is 5.68. The van der Waals surface area contributed by atoms with E-state index in [0.29, 0.717) is 6.54 Å². The molecule has 2 atom stereocenters. The van der Waals surface area contributed by atoms with Crippen molar-refractivity contribution < 1.29 is 9.53 Å². The number of carbonyl (C=O) groups excluding carboxylic acids is 1. The Morgan fingerprint density at radius 1 is 1.50 bits per heavy atom. The number of likely N-dealkylation sites (N-methyl/N-ethyl adjacent to an activating group) is 1. The average molecular weight is 308 g/mol. The average Bonchev–Trinajstić information content (AvgIpc) is 2.38. The van der Waals surface area contributed by atoms with E-state index in [1.807, 2.05) is 53.1 Å². The summed E-state index contributed by atoms with van der Waals surface area (Å²) in [7, 11) is 1.98. The summed E-state index contributed by atoms with van der Waals surface area (Å²) in [6.45, 7) is 8.61. The quantitative estimate of drug-likeness (QED) is 0.837. The summed E-state index contributed by atoms with van der Waals surface area (Å²) in [6.07, 6.45) is 3.15. The predicted molar refractivity (Wildman–Crippen MR) is 87.4 cm³/mol. The minimum Gasteiger partial charge on any atom is -0.444 e. The molecule has 0 aliphatic carbocycles. The van der Waals surface area contributed by atoms with Gasteiger partial charge in [-0.1, -0.05) is 6.07 Å². The van der Waals surface area contributed by atoms with Gasteiger partial charge in [0.2, 0.25) is 0 Å². The van der Waals surface area contributed by atoms with Crippen molar-refractivity contribution in [3.8, 4) is 0 Å². The highest BCUT2D eigenvalue weighted by atomic mass is 16.6. The molecule has 124 valence electrons. The smallest absolute Gasteiger partial charge is 0.407 e. The van der Waals surface area contributed by atoms with Crippen LogP contribution in [0.25, 0.3) is 0 Å². The van der Waals surface area contributed by atoms with E-state index in [0.717, 1.165) is 12.1 Å². The first-order valence-corrected chi connectivity index (χ1v) is 7.51. The maximum absolute atomic E-state index is 11.9. The zero-order chi connectivity index (χ0) is 16.8. The van der Waals surface area contributed by atoms with E-state index in [2.05, 4.69) is 15.2 Å². The number of hydrogen-bond acceptors (Lipinski definition) is 5. The van der Waals surface area contributed by atoms with Crippen LogP contribution < -0.4 is 11.1 Å². The van der Waals surface area contributed by atoms with Crippen LogP contribution in [0.3, 0.4) is 0 Å². The van der Waals surface area contributed by atoms with E-state index in [4.69, 9.17) is 10.5 Å². The molecule has 1 aromatic heterocycles. The molecule has 0 saturated heterocycles. The zero-order valence-corrected chi connectivity index (χ0v) is 14.2. The van der Waals surface area contributed by atoms with Gasteiger partial charge in [-0.3, -0.25) is 9.88 Å². The van der Waals surface area contributed by atoms with Crippen molar-refractivity contribution in [2.75, 3.05) is 13.6 Å². The standard InChI is InChI=1S/C16H28N4O2/c1-12(19-15(21)22-16(2,3)4)14(9-17)20(5)11-13-7-6-8-18-10-13/h6-8,10,12,14H,9,11,17H2,1-5H3,(H,19,21). The lowest BCUT2D eigenvalue weighted by atomic mass is 10.1. The van der Waals surface area contributed by atoms with E-state index in [1.165, 1.54) is 0 Å². The summed E-state index contributed by atoms with van der Waals surface area (Å²) >= 11 is 0. The van der Waals surface area contributed by atoms with Crippen LogP contribution in [-0.4, -0.2) is 47.3 Å². The number of ether oxygens (including phenoxy) is 1. The fourth-order valence-corrected chi connectivity index (χ4v) is 2.25. The lowest BCUT2D eigenvalue weighted by molar-refractivity contribution is 0.0476. The van der Waals surface area contributed by atoms with Gasteiger partial charge in [-0.05, 0) is 46.4 Å². The molecular weight excluding hydrogens is 280 g/mol. The number of aromatic nitrogens is 1. The van der Waals surface area contributed by atoms with Crippen LogP contribution >= 0.6 is 0 Å². The van der Waals surface area contributed by atoms with Gasteiger partial charge in [0.05, 0.1) is 0 Å². The van der Waals surface area contributed by atoms with Crippen molar-refractivity contribution >= 4 is 6.09 Å². The predicted octanol–water partition coefficient (Wildman–Crippen LogP) is 1.75. The molecule has 6 nitrogen and oxygen atoms in total. The molecule has 0 radical (unpaired) electrons. The first kappa shape index (κ1) is 18.4. The molecule has 0 fully saturated rings. The Balaban J connectivity index is 2.60. The van der Waals surface area contributed by atoms with E-state index in [1.54, 1.807) is 6.20 Å². The lowest BCUT2D eigenvalue weighted by Gasteiger charge is -2.32. The fraction of sp³-hybridized carbons (Fsp3) is 0.625. The molecular formula is C16H28N4O2. The molecule has 0 spiro atoms. The van der Waals surface area contributed by atoms with Crippen LogP contribution in [0.15, 0.2) is 24.5 Å². The molecule has 2 unspecified atom stereocenters. The maximum atomic E-state index is 11.9. The zero-order valence-electron chi connectivity index (χ0n) is 14.2. The van der Waals surface area contributed by atoms with E-state index >= 15 is 0 Å². The number of nitrogens with one attached hydrogen (secondary N) is 1. The molecule has 1 aromatic rings. The normalized spacial score (nSPS) is 14.5. The van der Waals surface area contributed by atoms with Gasteiger partial charge in [0.15, 0.2) is 0 Å². The molecule has 1 amide bonds. The molecule has 6 heteroatoms. The Bertz CT molecular complexity index is 459. The van der Waals surface area contributed by atoms with Crippen LogP contribution in [0.1, 0.15) is 33.3 Å². The molecule has 0 bridgehead atoms. The second-order valence-corrected chi connectivity index (χ2v) is 6.51. The van der Waals surface area contributed by atoms with Crippen LogP contribution in [0.4, 0.5) is 4.79 Å². The number of carbonyl (C=O) groups is 1. The second kappa shape index (κ2) is 8.10. The summed E-state index contributed by atoms with van der Waals surface area (Å²) in [6, 6.07) is 3.81. The van der Waals surface area contributed by atoms with Crippen LogP contribution in [0.5, 0.6) is 0 Å². The molecule has 0 aliphatic heterocycles. The number of rotatable bonds is 6. The summed E-state index contributed by atoms with van der Waals surface area (Å²) in [4.78, 5) is 18.1. The minimum atomic E-state index is -0.510. The van der Waals surface area contributed by atoms with Gasteiger partial charge in [0, 0.05) is 37.6 Å². The Morgan fingerprint density at radius 2 is 2.18 bits per heavy atom. The maximum Gasteiger partial charge on any atom is 0.407 e. The van der Waals surface area contributed by atoms with E-state index < -0.39 is 11.7 Å². The van der Waals surface area contributed by atoms with Crippen molar-refractivity contribution in [3.63, 3.8) is 0 Å². The summed E-state index contributed by atoms with van der Waals surface area (Å²) in [5.41, 5.74) is 6.48. The monoisotopic (exact) mass is 308 g/mol. The SMILES string of the molecule is CC(NC(=O)OC(C)(C)C)C(CN)N(C)Cc1cccnc1. The van der Waals surface area contributed by atoms with Crippen molar-refractivity contribution in [2.45, 2.75) is 51.9 Å². The molecule has 1 rings (SSSR count). The molecule has 0 aliphatic rings. The highest BCUT2D eigenvalue weighted by Crippen LogP contribution is 2.10. The van der Waals surface area contributed by atoms with Crippen LogP contribution in [0, 0.1) is 0 Å². The lowest BCUT2D eigenvalue weighted by Crippen LogP contribution is -2.53. The number of nitrogens with zero attached hydrogens (tertiary/aromatic N) is 2. The number of alkyl carbamates (subject to hydrolysis) is 1. The van der Waals surface area contributed by atoms with Gasteiger partial charge in [-0.25, -0.2) is 4.79 Å². The van der Waals surface area contributed by atoms with Gasteiger partial charge in [0.1, 0.15) is 5.60 Å². The number of pyridine rings is 1. The molecule has 3 N–H and O–H groups in total. The third-order valence-corrected chi connectivity index (χ3v) is 3.28. The van der Waals surface area contributed by atoms with Crippen molar-refractivity contribution in [2.24, 2.45) is 5.73 Å². The van der Waals surface area contributed by atoms with Crippen LogP contribution in [0.2, 0.25) is 0 Å². The Kier molecular flexibility index (Phi) is 6.77. The third-order valence-electron chi connectivity index (χ3n) is 3.28. The van der Waals surface area contributed by atoms with E-state index in [9.17, 15) is 4.79 Å². The van der Waals surface area contributed by atoms with Crippen molar-refractivity contribution in [1.29, 1.82) is 0 Å². The van der Waals surface area contributed by atoms with Gasteiger partial charge in [-0.2, -0.15) is 0 Å². The van der Waals surface area contributed by atoms with Gasteiger partial charge >= 0.3 is 6.09 Å². The summed E-state index contributed by atoms with van der Waals surface area (Å²) in [5, 5.41) is 2.86. The first-order valence-electron chi connectivity index (χ1n) is 7.51. The fourth-order valence-electron chi connectivity index (χ4n) is 2.25. The van der Waals surface area contributed by atoms with E-state index in [-0.39, 0.29) is 12.1 Å². The molecule has 22 heavy (non-hydrogen) atoms. The van der Waals surface area contributed by atoms with Gasteiger partial charge in [0.25, 0.3) is 0 Å². The molecule has 0 aromatic carbocycles.